The van der Waals surface area contributed by atoms with E-state index < -0.39 is 0 Å². The standard InChI is InChI=1S/C13H19BrN4/c1-9(2)11-7-12-13(17(4)10(3)8-14)15-5-6-18(12)16-11/h5-7,9-10H,8H2,1-4H3. The van der Waals surface area contributed by atoms with Crippen LogP contribution in [0.15, 0.2) is 18.5 Å². The van der Waals surface area contributed by atoms with Gasteiger partial charge in [0.2, 0.25) is 0 Å². The highest BCUT2D eigenvalue weighted by molar-refractivity contribution is 9.09. The summed E-state index contributed by atoms with van der Waals surface area (Å²) in [6.45, 7) is 6.47. The zero-order valence-corrected chi connectivity index (χ0v) is 12.8. The van der Waals surface area contributed by atoms with Gasteiger partial charge in [-0.3, -0.25) is 0 Å². The third-order valence-electron chi connectivity index (χ3n) is 3.20. The van der Waals surface area contributed by atoms with Gasteiger partial charge < -0.3 is 4.90 Å². The zero-order valence-electron chi connectivity index (χ0n) is 11.3. The topological polar surface area (TPSA) is 33.4 Å². The van der Waals surface area contributed by atoms with Crippen LogP contribution in [0.4, 0.5) is 5.82 Å². The van der Waals surface area contributed by atoms with E-state index in [1.807, 2.05) is 10.7 Å². The van der Waals surface area contributed by atoms with Crippen LogP contribution in [0.2, 0.25) is 0 Å². The molecule has 0 radical (unpaired) electrons. The van der Waals surface area contributed by atoms with E-state index in [0.29, 0.717) is 12.0 Å². The van der Waals surface area contributed by atoms with Gasteiger partial charge in [-0.05, 0) is 18.9 Å². The molecule has 1 unspecified atom stereocenters. The van der Waals surface area contributed by atoms with Gasteiger partial charge in [-0.2, -0.15) is 5.10 Å². The molecule has 2 rings (SSSR count). The maximum Gasteiger partial charge on any atom is 0.154 e. The van der Waals surface area contributed by atoms with Crippen molar-refractivity contribution in [3.63, 3.8) is 0 Å². The number of aromatic nitrogens is 3. The number of halogens is 1. The molecule has 5 heteroatoms. The first-order valence-corrected chi connectivity index (χ1v) is 7.29. The van der Waals surface area contributed by atoms with Crippen molar-refractivity contribution in [1.29, 1.82) is 0 Å². The van der Waals surface area contributed by atoms with E-state index in [-0.39, 0.29) is 0 Å². The lowest BCUT2D eigenvalue weighted by Gasteiger charge is -2.24. The molecule has 2 aromatic heterocycles. The maximum absolute atomic E-state index is 4.58. The maximum atomic E-state index is 4.58. The van der Waals surface area contributed by atoms with Gasteiger partial charge in [0, 0.05) is 30.8 Å². The molecule has 2 aromatic rings. The van der Waals surface area contributed by atoms with E-state index in [4.69, 9.17) is 0 Å². The Labute approximate surface area is 116 Å². The van der Waals surface area contributed by atoms with Crippen LogP contribution in [0.1, 0.15) is 32.4 Å². The highest BCUT2D eigenvalue weighted by Gasteiger charge is 2.15. The van der Waals surface area contributed by atoms with Gasteiger partial charge in [-0.25, -0.2) is 9.50 Å². The van der Waals surface area contributed by atoms with E-state index >= 15 is 0 Å². The van der Waals surface area contributed by atoms with Gasteiger partial charge in [-0.1, -0.05) is 29.8 Å². The van der Waals surface area contributed by atoms with Crippen LogP contribution < -0.4 is 4.90 Å². The third-order valence-corrected chi connectivity index (χ3v) is 4.14. The van der Waals surface area contributed by atoms with Crippen molar-refractivity contribution in [2.24, 2.45) is 0 Å². The summed E-state index contributed by atoms with van der Waals surface area (Å²) in [7, 11) is 2.07. The Kier molecular flexibility index (Phi) is 3.90. The molecular weight excluding hydrogens is 292 g/mol. The van der Waals surface area contributed by atoms with Crippen LogP contribution in [0.25, 0.3) is 5.52 Å². The lowest BCUT2D eigenvalue weighted by molar-refractivity contribution is 0.752. The molecule has 2 heterocycles. The summed E-state index contributed by atoms with van der Waals surface area (Å²) in [4.78, 5) is 6.67. The molecule has 1 atom stereocenters. The Balaban J connectivity index is 2.50. The molecule has 0 saturated heterocycles. The molecule has 0 bridgehead atoms. The van der Waals surface area contributed by atoms with E-state index in [0.717, 1.165) is 22.4 Å². The van der Waals surface area contributed by atoms with Crippen LogP contribution in [-0.4, -0.2) is 33.0 Å². The first-order valence-electron chi connectivity index (χ1n) is 6.17. The highest BCUT2D eigenvalue weighted by atomic mass is 79.9. The van der Waals surface area contributed by atoms with Gasteiger partial charge in [0.05, 0.1) is 5.69 Å². The highest BCUT2D eigenvalue weighted by Crippen LogP contribution is 2.23. The molecule has 0 aliphatic carbocycles. The monoisotopic (exact) mass is 310 g/mol. The van der Waals surface area contributed by atoms with Crippen molar-refractivity contribution in [2.75, 3.05) is 17.3 Å². The molecule has 0 saturated carbocycles. The predicted octanol–water partition coefficient (Wildman–Crippen LogP) is 3.07. The number of rotatable bonds is 4. The second-order valence-corrected chi connectivity index (χ2v) is 5.57. The molecule has 0 fully saturated rings. The molecule has 18 heavy (non-hydrogen) atoms. The molecule has 0 N–H and O–H groups in total. The molecule has 4 nitrogen and oxygen atoms in total. The summed E-state index contributed by atoms with van der Waals surface area (Å²) >= 11 is 3.51. The number of alkyl halides is 1. The van der Waals surface area contributed by atoms with Crippen LogP contribution in [-0.2, 0) is 0 Å². The Morgan fingerprint density at radius 1 is 1.39 bits per heavy atom. The van der Waals surface area contributed by atoms with Crippen molar-refractivity contribution in [2.45, 2.75) is 32.7 Å². The normalized spacial score (nSPS) is 13.2. The van der Waals surface area contributed by atoms with Gasteiger partial charge >= 0.3 is 0 Å². The first-order chi connectivity index (χ1) is 8.54. The largest absolute Gasteiger partial charge is 0.354 e. The van der Waals surface area contributed by atoms with Crippen LogP contribution in [0.3, 0.4) is 0 Å². The van der Waals surface area contributed by atoms with Crippen LogP contribution in [0.5, 0.6) is 0 Å². The van der Waals surface area contributed by atoms with E-state index in [1.54, 1.807) is 6.20 Å². The second-order valence-electron chi connectivity index (χ2n) is 4.92. The van der Waals surface area contributed by atoms with Gasteiger partial charge in [0.25, 0.3) is 0 Å². The van der Waals surface area contributed by atoms with E-state index in [1.165, 1.54) is 0 Å². The quantitative estimate of drug-likeness (QED) is 0.814. The minimum absolute atomic E-state index is 0.390. The Morgan fingerprint density at radius 3 is 2.72 bits per heavy atom. The second kappa shape index (κ2) is 5.26. The summed E-state index contributed by atoms with van der Waals surface area (Å²) in [5, 5.41) is 5.49. The fourth-order valence-electron chi connectivity index (χ4n) is 1.79. The average molecular weight is 311 g/mol. The number of nitrogens with zero attached hydrogens (tertiary/aromatic N) is 4. The molecule has 98 valence electrons. The molecular formula is C13H19BrN4. The summed E-state index contributed by atoms with van der Waals surface area (Å²) in [6, 6.07) is 2.52. The van der Waals surface area contributed by atoms with Crippen molar-refractivity contribution in [3.8, 4) is 0 Å². The lowest BCUT2D eigenvalue weighted by atomic mass is 10.1. The van der Waals surface area contributed by atoms with E-state index in [9.17, 15) is 0 Å². The zero-order chi connectivity index (χ0) is 13.3. The summed E-state index contributed by atoms with van der Waals surface area (Å²) in [5.41, 5.74) is 2.17. The van der Waals surface area contributed by atoms with Crippen molar-refractivity contribution in [1.82, 2.24) is 14.6 Å². The molecule has 0 amide bonds. The van der Waals surface area contributed by atoms with Crippen LogP contribution >= 0.6 is 15.9 Å². The average Bonchev–Trinajstić information content (AvgIpc) is 2.80. The Bertz CT molecular complexity index is 535. The Morgan fingerprint density at radius 2 is 2.11 bits per heavy atom. The molecule has 0 aliphatic heterocycles. The lowest BCUT2D eigenvalue weighted by Crippen LogP contribution is -2.31. The number of anilines is 1. The van der Waals surface area contributed by atoms with Crippen molar-refractivity contribution >= 4 is 27.3 Å². The molecule has 0 spiro atoms. The minimum atomic E-state index is 0.390. The van der Waals surface area contributed by atoms with Gasteiger partial charge in [0.15, 0.2) is 5.82 Å². The fourth-order valence-corrected chi connectivity index (χ4v) is 2.23. The fraction of sp³-hybridized carbons (Fsp3) is 0.538. The number of fused-ring (bicyclic) bond motifs is 1. The molecule has 0 aromatic carbocycles. The SMILES string of the molecule is CC(C)c1cc2c(N(C)C(C)CBr)nccn2n1. The number of hydrogen-bond acceptors (Lipinski definition) is 3. The molecule has 0 aliphatic rings. The summed E-state index contributed by atoms with van der Waals surface area (Å²) < 4.78 is 1.91. The van der Waals surface area contributed by atoms with Crippen LogP contribution in [0, 0.1) is 0 Å². The first kappa shape index (κ1) is 13.3. The Hall–Kier alpha value is -1.10. The van der Waals surface area contributed by atoms with Crippen molar-refractivity contribution in [3.05, 3.63) is 24.2 Å². The van der Waals surface area contributed by atoms with E-state index in [2.05, 4.69) is 64.8 Å². The predicted molar refractivity (Wildman–Crippen MR) is 78.7 cm³/mol. The summed E-state index contributed by atoms with van der Waals surface area (Å²) in [5.74, 6) is 1.40. The minimum Gasteiger partial charge on any atom is -0.354 e. The third kappa shape index (κ3) is 2.36. The summed E-state index contributed by atoms with van der Waals surface area (Å²) in [6.07, 6.45) is 3.70. The van der Waals surface area contributed by atoms with Gasteiger partial charge in [-0.15, -0.1) is 0 Å². The van der Waals surface area contributed by atoms with Crippen molar-refractivity contribution < 1.29 is 0 Å². The van der Waals surface area contributed by atoms with Gasteiger partial charge in [0.1, 0.15) is 5.52 Å². The number of hydrogen-bond donors (Lipinski definition) is 0. The smallest absolute Gasteiger partial charge is 0.154 e.